The van der Waals surface area contributed by atoms with Gasteiger partial charge in [-0.25, -0.2) is 4.79 Å². The van der Waals surface area contributed by atoms with E-state index >= 15 is 0 Å². The Balaban J connectivity index is 2.91. The number of carbonyl (C=O) groups excluding carboxylic acids is 3. The van der Waals surface area contributed by atoms with Gasteiger partial charge in [-0.1, -0.05) is 6.08 Å². The summed E-state index contributed by atoms with van der Waals surface area (Å²) in [4.78, 5) is 35.9. The molecular formula is C15H23NO6. The lowest BCUT2D eigenvalue weighted by atomic mass is 10.1. The van der Waals surface area contributed by atoms with Crippen molar-refractivity contribution in [2.24, 2.45) is 0 Å². The summed E-state index contributed by atoms with van der Waals surface area (Å²) >= 11 is 0. The first kappa shape index (κ1) is 18.0. The van der Waals surface area contributed by atoms with Gasteiger partial charge in [0, 0.05) is 20.4 Å². The van der Waals surface area contributed by atoms with Crippen LogP contribution in [0.2, 0.25) is 0 Å². The first-order valence-corrected chi connectivity index (χ1v) is 7.07. The molecule has 0 aliphatic carbocycles. The largest absolute Gasteiger partial charge is 0.464 e. The van der Waals surface area contributed by atoms with Crippen LogP contribution in [0, 0.1) is 0 Å². The van der Waals surface area contributed by atoms with Gasteiger partial charge in [0.05, 0.1) is 0 Å². The number of nitrogens with zero attached hydrogens (tertiary/aromatic N) is 1. The monoisotopic (exact) mass is 313 g/mol. The highest BCUT2D eigenvalue weighted by atomic mass is 16.6. The van der Waals surface area contributed by atoms with Gasteiger partial charge in [0.2, 0.25) is 0 Å². The molecule has 0 bridgehead atoms. The zero-order chi connectivity index (χ0) is 16.9. The summed E-state index contributed by atoms with van der Waals surface area (Å²) < 4.78 is 15.5. The molecule has 0 fully saturated rings. The summed E-state index contributed by atoms with van der Waals surface area (Å²) in [6, 6.07) is -0.618. The van der Waals surface area contributed by atoms with Crippen molar-refractivity contribution in [1.29, 1.82) is 0 Å². The van der Waals surface area contributed by atoms with Crippen LogP contribution in [0.3, 0.4) is 0 Å². The Morgan fingerprint density at radius 2 is 1.82 bits per heavy atom. The zero-order valence-corrected chi connectivity index (χ0v) is 13.6. The molecule has 1 aliphatic rings. The molecule has 0 saturated heterocycles. The first-order chi connectivity index (χ1) is 10.1. The molecule has 0 spiro atoms. The molecule has 0 saturated carbocycles. The van der Waals surface area contributed by atoms with Gasteiger partial charge in [-0.05, 0) is 26.8 Å². The minimum absolute atomic E-state index is 0.0726. The average Bonchev–Trinajstić information content (AvgIpc) is 2.33. The molecule has 2 atom stereocenters. The van der Waals surface area contributed by atoms with Crippen LogP contribution in [0.25, 0.3) is 0 Å². The third-order valence-electron chi connectivity index (χ3n) is 2.79. The fourth-order valence-corrected chi connectivity index (χ4v) is 1.98. The SMILES string of the molecule is CC(=O)OC[C@H]1[C@H](OC(C)=O)C=CCN1C(=O)OC(C)(C)C. The maximum atomic E-state index is 12.3. The van der Waals surface area contributed by atoms with Gasteiger partial charge in [-0.2, -0.15) is 0 Å². The molecule has 0 aromatic rings. The van der Waals surface area contributed by atoms with Crippen molar-refractivity contribution in [2.75, 3.05) is 13.2 Å². The molecule has 0 N–H and O–H groups in total. The van der Waals surface area contributed by atoms with Crippen LogP contribution < -0.4 is 0 Å². The number of hydrogen-bond donors (Lipinski definition) is 0. The van der Waals surface area contributed by atoms with Gasteiger partial charge in [0.1, 0.15) is 24.4 Å². The average molecular weight is 313 g/mol. The molecular weight excluding hydrogens is 290 g/mol. The maximum Gasteiger partial charge on any atom is 0.411 e. The molecule has 1 heterocycles. The van der Waals surface area contributed by atoms with Crippen molar-refractivity contribution in [3.63, 3.8) is 0 Å². The van der Waals surface area contributed by atoms with Crippen LogP contribution in [-0.4, -0.2) is 53.8 Å². The second-order valence-corrected chi connectivity index (χ2v) is 6.00. The Kier molecular flexibility index (Phi) is 5.96. The minimum atomic E-state index is -0.682. The number of rotatable bonds is 3. The zero-order valence-electron chi connectivity index (χ0n) is 13.6. The van der Waals surface area contributed by atoms with Crippen LogP contribution in [-0.2, 0) is 23.8 Å². The predicted octanol–water partition coefficient (Wildman–Crippen LogP) is 1.66. The van der Waals surface area contributed by atoms with Crippen LogP contribution in [0.5, 0.6) is 0 Å². The first-order valence-electron chi connectivity index (χ1n) is 7.07. The topological polar surface area (TPSA) is 82.1 Å². The number of esters is 2. The van der Waals surface area contributed by atoms with E-state index in [1.807, 2.05) is 0 Å². The van der Waals surface area contributed by atoms with Crippen molar-refractivity contribution in [1.82, 2.24) is 4.90 Å². The summed E-state index contributed by atoms with van der Waals surface area (Å²) in [6.45, 7) is 8.05. The molecule has 0 aromatic carbocycles. The maximum absolute atomic E-state index is 12.3. The third kappa shape index (κ3) is 5.75. The molecule has 124 valence electrons. The van der Waals surface area contributed by atoms with Crippen molar-refractivity contribution < 1.29 is 28.6 Å². The lowest BCUT2D eigenvalue weighted by Crippen LogP contribution is -2.53. The molecule has 22 heavy (non-hydrogen) atoms. The Bertz CT molecular complexity index is 465. The Hall–Kier alpha value is -2.05. The molecule has 1 amide bonds. The van der Waals surface area contributed by atoms with Crippen LogP contribution in [0.4, 0.5) is 4.79 Å². The van der Waals surface area contributed by atoms with Crippen molar-refractivity contribution >= 4 is 18.0 Å². The third-order valence-corrected chi connectivity index (χ3v) is 2.79. The summed E-state index contributed by atoms with van der Waals surface area (Å²) in [5, 5.41) is 0. The fourth-order valence-electron chi connectivity index (χ4n) is 1.98. The lowest BCUT2D eigenvalue weighted by molar-refractivity contribution is -0.151. The normalized spacial score (nSPS) is 21.2. The molecule has 0 radical (unpaired) electrons. The van der Waals surface area contributed by atoms with Gasteiger partial charge in [-0.3, -0.25) is 14.5 Å². The van der Waals surface area contributed by atoms with Crippen molar-refractivity contribution in [2.45, 2.75) is 52.4 Å². The molecule has 7 nitrogen and oxygen atoms in total. The van der Waals surface area contributed by atoms with E-state index in [1.165, 1.54) is 18.7 Å². The lowest BCUT2D eigenvalue weighted by Gasteiger charge is -2.37. The standard InChI is InChI=1S/C15H23NO6/c1-10(17)20-9-12-13(21-11(2)18)7-6-8-16(12)14(19)22-15(3,4)5/h6-7,12-13H,8-9H2,1-5H3/t12-,13+/m0/s1. The van der Waals surface area contributed by atoms with E-state index in [0.717, 1.165) is 0 Å². The number of amides is 1. The van der Waals surface area contributed by atoms with Gasteiger partial charge in [-0.15, -0.1) is 0 Å². The molecule has 0 unspecified atom stereocenters. The molecule has 0 aromatic heterocycles. The molecule has 1 rings (SSSR count). The van der Waals surface area contributed by atoms with Crippen LogP contribution in [0.15, 0.2) is 12.2 Å². The highest BCUT2D eigenvalue weighted by Crippen LogP contribution is 2.20. The summed E-state index contributed by atoms with van der Waals surface area (Å²) in [7, 11) is 0. The number of ether oxygens (including phenoxy) is 3. The second-order valence-electron chi connectivity index (χ2n) is 6.00. The molecule has 1 aliphatic heterocycles. The smallest absolute Gasteiger partial charge is 0.411 e. The van der Waals surface area contributed by atoms with Crippen LogP contribution in [0.1, 0.15) is 34.6 Å². The van der Waals surface area contributed by atoms with E-state index in [2.05, 4.69) is 0 Å². The predicted molar refractivity (Wildman–Crippen MR) is 78.1 cm³/mol. The minimum Gasteiger partial charge on any atom is -0.464 e. The summed E-state index contributed by atoms with van der Waals surface area (Å²) in [5.41, 5.74) is -0.652. The van der Waals surface area contributed by atoms with Crippen molar-refractivity contribution in [3.8, 4) is 0 Å². The summed E-state index contributed by atoms with van der Waals surface area (Å²) in [5.74, 6) is -0.950. The van der Waals surface area contributed by atoms with Gasteiger partial charge >= 0.3 is 18.0 Å². The van der Waals surface area contributed by atoms with Crippen LogP contribution >= 0.6 is 0 Å². The fraction of sp³-hybridized carbons (Fsp3) is 0.667. The van der Waals surface area contributed by atoms with Gasteiger partial charge in [0.15, 0.2) is 0 Å². The van der Waals surface area contributed by atoms with Gasteiger partial charge < -0.3 is 14.2 Å². The van der Waals surface area contributed by atoms with Gasteiger partial charge in [0.25, 0.3) is 0 Å². The van der Waals surface area contributed by atoms with E-state index in [-0.39, 0.29) is 6.61 Å². The summed E-state index contributed by atoms with van der Waals surface area (Å²) in [6.07, 6.45) is 2.15. The highest BCUT2D eigenvalue weighted by Gasteiger charge is 2.36. The van der Waals surface area contributed by atoms with Crippen molar-refractivity contribution in [3.05, 3.63) is 12.2 Å². The highest BCUT2D eigenvalue weighted by molar-refractivity contribution is 5.70. The van der Waals surface area contributed by atoms with E-state index in [9.17, 15) is 14.4 Å². The number of hydrogen-bond acceptors (Lipinski definition) is 6. The number of carbonyl (C=O) groups is 3. The quantitative estimate of drug-likeness (QED) is 0.448. The van der Waals surface area contributed by atoms with E-state index in [1.54, 1.807) is 32.9 Å². The second kappa shape index (κ2) is 7.29. The molecule has 7 heteroatoms. The Morgan fingerprint density at radius 1 is 1.18 bits per heavy atom. The van der Waals surface area contributed by atoms with E-state index in [4.69, 9.17) is 14.2 Å². The van der Waals surface area contributed by atoms with E-state index in [0.29, 0.717) is 6.54 Å². The Morgan fingerprint density at radius 3 is 2.32 bits per heavy atom. The van der Waals surface area contributed by atoms with E-state index < -0.39 is 35.8 Å². The Labute approximate surface area is 130 Å².